The lowest BCUT2D eigenvalue weighted by molar-refractivity contribution is 0.226. The molecule has 2 rings (SSSR count). The van der Waals surface area contributed by atoms with Crippen molar-refractivity contribution in [2.45, 2.75) is 50.1 Å². The van der Waals surface area contributed by atoms with Gasteiger partial charge in [-0.05, 0) is 38.3 Å². The quantitative estimate of drug-likeness (QED) is 0.929. The van der Waals surface area contributed by atoms with Crippen molar-refractivity contribution in [3.8, 4) is 0 Å². The molecule has 0 bridgehead atoms. The molecule has 1 fully saturated rings. The highest BCUT2D eigenvalue weighted by Crippen LogP contribution is 2.29. The first-order valence-corrected chi connectivity index (χ1v) is 8.42. The summed E-state index contributed by atoms with van der Waals surface area (Å²) in [7, 11) is -4.01. The van der Waals surface area contributed by atoms with Gasteiger partial charge in [-0.2, -0.15) is 4.31 Å². The molecule has 1 aliphatic heterocycles. The van der Waals surface area contributed by atoms with Crippen LogP contribution in [-0.2, 0) is 10.0 Å². The van der Waals surface area contributed by atoms with Crippen LogP contribution in [0, 0.1) is 18.6 Å². The highest BCUT2D eigenvalue weighted by atomic mass is 32.2. The molecule has 21 heavy (non-hydrogen) atoms. The van der Waals surface area contributed by atoms with E-state index in [0.717, 1.165) is 12.5 Å². The molecule has 1 aromatic carbocycles. The maximum atomic E-state index is 13.9. The number of hydrogen-bond donors (Lipinski definition) is 1. The average Bonchev–Trinajstić information content (AvgIpc) is 2.42. The van der Waals surface area contributed by atoms with Gasteiger partial charge in [0.15, 0.2) is 0 Å². The number of hydrogen-bond acceptors (Lipinski definition) is 3. The molecular formula is C14H20F2N2O2S. The fourth-order valence-electron chi connectivity index (χ4n) is 2.71. The number of nitrogens with two attached hydrogens (primary N) is 1. The first-order valence-electron chi connectivity index (χ1n) is 6.98. The van der Waals surface area contributed by atoms with Crippen molar-refractivity contribution in [3.63, 3.8) is 0 Å². The highest BCUT2D eigenvalue weighted by molar-refractivity contribution is 7.89. The SMILES string of the molecule is Cc1cc(S(=O)(=O)N2CCCCC2C(C)N)c(F)cc1F. The van der Waals surface area contributed by atoms with Gasteiger partial charge in [0.25, 0.3) is 0 Å². The van der Waals surface area contributed by atoms with Gasteiger partial charge >= 0.3 is 0 Å². The minimum Gasteiger partial charge on any atom is -0.326 e. The van der Waals surface area contributed by atoms with E-state index in [1.165, 1.54) is 11.2 Å². The molecule has 118 valence electrons. The summed E-state index contributed by atoms with van der Waals surface area (Å²) in [6.45, 7) is 3.46. The largest absolute Gasteiger partial charge is 0.326 e. The van der Waals surface area contributed by atoms with Crippen molar-refractivity contribution in [3.05, 3.63) is 29.3 Å². The maximum absolute atomic E-state index is 13.9. The summed E-state index contributed by atoms with van der Waals surface area (Å²) >= 11 is 0. The molecule has 2 unspecified atom stereocenters. The summed E-state index contributed by atoms with van der Waals surface area (Å²) in [6, 6.07) is 0.970. The van der Waals surface area contributed by atoms with Crippen molar-refractivity contribution in [1.29, 1.82) is 0 Å². The molecule has 0 aromatic heterocycles. The normalized spacial score (nSPS) is 22.2. The molecule has 1 saturated heterocycles. The third-order valence-electron chi connectivity index (χ3n) is 3.91. The zero-order chi connectivity index (χ0) is 15.8. The minimum absolute atomic E-state index is 0.101. The Morgan fingerprint density at radius 3 is 2.57 bits per heavy atom. The zero-order valence-corrected chi connectivity index (χ0v) is 13.0. The van der Waals surface area contributed by atoms with Crippen LogP contribution in [0.15, 0.2) is 17.0 Å². The summed E-state index contributed by atoms with van der Waals surface area (Å²) in [5, 5.41) is 0. The van der Waals surface area contributed by atoms with Crippen LogP contribution in [0.5, 0.6) is 0 Å². The van der Waals surface area contributed by atoms with E-state index < -0.39 is 26.6 Å². The molecule has 0 saturated carbocycles. The average molecular weight is 318 g/mol. The van der Waals surface area contributed by atoms with Crippen molar-refractivity contribution >= 4 is 10.0 Å². The van der Waals surface area contributed by atoms with Crippen LogP contribution in [0.1, 0.15) is 31.7 Å². The predicted molar refractivity (Wildman–Crippen MR) is 76.3 cm³/mol. The summed E-state index contributed by atoms with van der Waals surface area (Å²) < 4.78 is 53.9. The van der Waals surface area contributed by atoms with E-state index in [1.807, 2.05) is 0 Å². The van der Waals surface area contributed by atoms with E-state index >= 15 is 0 Å². The van der Waals surface area contributed by atoms with Crippen molar-refractivity contribution < 1.29 is 17.2 Å². The van der Waals surface area contributed by atoms with Crippen LogP contribution in [0.25, 0.3) is 0 Å². The maximum Gasteiger partial charge on any atom is 0.246 e. The molecule has 1 aromatic rings. The molecule has 0 amide bonds. The summed E-state index contributed by atoms with van der Waals surface area (Å²) in [4.78, 5) is -0.478. The van der Waals surface area contributed by atoms with E-state index in [0.29, 0.717) is 25.5 Å². The topological polar surface area (TPSA) is 63.4 Å². The van der Waals surface area contributed by atoms with Crippen molar-refractivity contribution in [2.75, 3.05) is 6.54 Å². The second kappa shape index (κ2) is 5.98. The van der Waals surface area contributed by atoms with Gasteiger partial charge in [-0.15, -0.1) is 0 Å². The predicted octanol–water partition coefficient (Wildman–Crippen LogP) is 2.16. The first-order chi connectivity index (χ1) is 9.75. The molecule has 1 aliphatic rings. The van der Waals surface area contributed by atoms with Crippen LogP contribution >= 0.6 is 0 Å². The molecule has 0 aliphatic carbocycles. The Balaban J connectivity index is 2.48. The van der Waals surface area contributed by atoms with Crippen LogP contribution in [-0.4, -0.2) is 31.4 Å². The Kier molecular flexibility index (Phi) is 4.65. The van der Waals surface area contributed by atoms with Crippen LogP contribution < -0.4 is 5.73 Å². The van der Waals surface area contributed by atoms with Gasteiger partial charge < -0.3 is 5.73 Å². The van der Waals surface area contributed by atoms with E-state index in [1.54, 1.807) is 6.92 Å². The van der Waals surface area contributed by atoms with Gasteiger partial charge in [-0.25, -0.2) is 17.2 Å². The number of aryl methyl sites for hydroxylation is 1. The zero-order valence-electron chi connectivity index (χ0n) is 12.1. The van der Waals surface area contributed by atoms with Gasteiger partial charge in [0.05, 0.1) is 0 Å². The summed E-state index contributed by atoms with van der Waals surface area (Å²) in [5.41, 5.74) is 5.97. The first kappa shape index (κ1) is 16.3. The Morgan fingerprint density at radius 2 is 1.95 bits per heavy atom. The van der Waals surface area contributed by atoms with Crippen LogP contribution in [0.3, 0.4) is 0 Å². The second-order valence-corrected chi connectivity index (χ2v) is 7.43. The monoisotopic (exact) mass is 318 g/mol. The lowest BCUT2D eigenvalue weighted by atomic mass is 10.00. The Labute approximate surface area is 124 Å². The molecule has 2 N–H and O–H groups in total. The highest BCUT2D eigenvalue weighted by Gasteiger charge is 2.37. The van der Waals surface area contributed by atoms with Crippen LogP contribution in [0.2, 0.25) is 0 Å². The van der Waals surface area contributed by atoms with E-state index in [2.05, 4.69) is 0 Å². The lowest BCUT2D eigenvalue weighted by Crippen LogP contribution is -2.51. The van der Waals surface area contributed by atoms with Gasteiger partial charge in [0, 0.05) is 24.7 Å². The molecule has 0 radical (unpaired) electrons. The molecule has 0 spiro atoms. The fraction of sp³-hybridized carbons (Fsp3) is 0.571. The van der Waals surface area contributed by atoms with Gasteiger partial charge in [-0.3, -0.25) is 0 Å². The van der Waals surface area contributed by atoms with Crippen molar-refractivity contribution in [2.24, 2.45) is 5.73 Å². The third kappa shape index (κ3) is 3.09. The molecule has 7 heteroatoms. The Morgan fingerprint density at radius 1 is 1.29 bits per heavy atom. The number of halogens is 2. The number of nitrogens with zero attached hydrogens (tertiary/aromatic N) is 1. The third-order valence-corrected chi connectivity index (χ3v) is 5.84. The second-order valence-electron chi connectivity index (χ2n) is 5.57. The Bertz CT molecular complexity index is 632. The number of sulfonamides is 1. The van der Waals surface area contributed by atoms with Crippen LogP contribution in [0.4, 0.5) is 8.78 Å². The number of rotatable bonds is 3. The van der Waals surface area contributed by atoms with E-state index in [9.17, 15) is 17.2 Å². The molecular weight excluding hydrogens is 298 g/mol. The summed E-state index contributed by atoms with van der Waals surface area (Å²) in [5.74, 6) is -1.82. The van der Waals surface area contributed by atoms with E-state index in [-0.39, 0.29) is 17.6 Å². The number of piperidine rings is 1. The molecule has 2 atom stereocenters. The minimum atomic E-state index is -4.01. The standard InChI is InChI=1S/C14H20F2N2O2S/c1-9-7-14(12(16)8-11(9)15)21(19,20)18-6-4-3-5-13(18)10(2)17/h7-8,10,13H,3-6,17H2,1-2H3. The molecule has 1 heterocycles. The van der Waals surface area contributed by atoms with E-state index in [4.69, 9.17) is 5.73 Å². The number of benzene rings is 1. The molecule has 4 nitrogen and oxygen atoms in total. The Hall–Kier alpha value is -1.05. The van der Waals surface area contributed by atoms with Gasteiger partial charge in [0.1, 0.15) is 16.5 Å². The van der Waals surface area contributed by atoms with Gasteiger partial charge in [-0.1, -0.05) is 6.42 Å². The lowest BCUT2D eigenvalue weighted by Gasteiger charge is -2.37. The van der Waals surface area contributed by atoms with Crippen molar-refractivity contribution in [1.82, 2.24) is 4.31 Å². The smallest absolute Gasteiger partial charge is 0.246 e. The summed E-state index contributed by atoms with van der Waals surface area (Å²) in [6.07, 6.45) is 2.26. The van der Waals surface area contributed by atoms with Gasteiger partial charge in [0.2, 0.25) is 10.0 Å². The fourth-order valence-corrected chi connectivity index (χ4v) is 4.62.